The van der Waals surface area contributed by atoms with Crippen molar-refractivity contribution < 1.29 is 14.3 Å². The molecule has 5 aromatic rings. The fraction of sp³-hybridized carbons (Fsp3) is 0.103. The third-order valence-corrected chi connectivity index (χ3v) is 7.32. The summed E-state index contributed by atoms with van der Waals surface area (Å²) in [7, 11) is 1.55. The van der Waals surface area contributed by atoms with Gasteiger partial charge in [-0.2, -0.15) is 5.10 Å². The van der Waals surface area contributed by atoms with Gasteiger partial charge in [0.2, 0.25) is 0 Å². The molecule has 1 N–H and O–H groups in total. The number of benzene rings is 3. The van der Waals surface area contributed by atoms with E-state index >= 15 is 0 Å². The molecule has 39 heavy (non-hydrogen) atoms. The number of halogens is 1. The molecule has 0 bridgehead atoms. The number of aromatic nitrogens is 2. The number of nitrogens with zero attached hydrogens (tertiary/aromatic N) is 3. The summed E-state index contributed by atoms with van der Waals surface area (Å²) in [5, 5.41) is 6.46. The molecule has 0 saturated heterocycles. The highest BCUT2D eigenvalue weighted by molar-refractivity contribution is 9.10. The second-order valence-corrected chi connectivity index (χ2v) is 10.2. The lowest BCUT2D eigenvalue weighted by Gasteiger charge is -2.13. The van der Waals surface area contributed by atoms with Gasteiger partial charge in [0, 0.05) is 10.9 Å². The van der Waals surface area contributed by atoms with Crippen LogP contribution in [-0.4, -0.2) is 28.8 Å². The van der Waals surface area contributed by atoms with Gasteiger partial charge in [0.25, 0.3) is 11.5 Å². The maximum Gasteiger partial charge on any atom is 0.263 e. The maximum absolute atomic E-state index is 13.2. The number of ether oxygens (including phenoxy) is 2. The van der Waals surface area contributed by atoms with Crippen molar-refractivity contribution in [1.82, 2.24) is 15.0 Å². The molecule has 0 saturated carbocycles. The number of nitrogens with one attached hydrogen (secondary N) is 1. The number of fused-ring (bicyclic) bond motifs is 1. The van der Waals surface area contributed by atoms with Crippen molar-refractivity contribution in [2.24, 2.45) is 5.10 Å². The topological polar surface area (TPSA) is 94.8 Å². The number of methoxy groups -OCH3 is 1. The van der Waals surface area contributed by atoms with Crippen molar-refractivity contribution in [2.75, 3.05) is 7.11 Å². The van der Waals surface area contributed by atoms with E-state index < -0.39 is 5.91 Å². The predicted octanol–water partition coefficient (Wildman–Crippen LogP) is 5.63. The molecule has 3 aromatic carbocycles. The van der Waals surface area contributed by atoms with Gasteiger partial charge in [0.05, 0.1) is 29.5 Å². The van der Waals surface area contributed by atoms with Crippen LogP contribution in [0.15, 0.2) is 98.9 Å². The average Bonchev–Trinajstić information content (AvgIpc) is 3.40. The van der Waals surface area contributed by atoms with Crippen LogP contribution in [0, 0.1) is 0 Å². The van der Waals surface area contributed by atoms with E-state index in [2.05, 4.69) is 31.4 Å². The number of amides is 1. The summed E-state index contributed by atoms with van der Waals surface area (Å²) in [6.07, 6.45) is 2.87. The van der Waals surface area contributed by atoms with Crippen molar-refractivity contribution in [3.8, 4) is 22.6 Å². The van der Waals surface area contributed by atoms with Crippen LogP contribution in [0.25, 0.3) is 21.3 Å². The summed E-state index contributed by atoms with van der Waals surface area (Å²) >= 11 is 4.92. The van der Waals surface area contributed by atoms with E-state index in [9.17, 15) is 9.59 Å². The number of hydrogen-bond donors (Lipinski definition) is 1. The van der Waals surface area contributed by atoms with Gasteiger partial charge < -0.3 is 9.47 Å². The Bertz CT molecular complexity index is 1700. The summed E-state index contributed by atoms with van der Waals surface area (Å²) in [5.74, 6) is 0.622. The summed E-state index contributed by atoms with van der Waals surface area (Å²) in [6.45, 7) is 0.167. The van der Waals surface area contributed by atoms with Crippen LogP contribution in [0.2, 0.25) is 0 Å². The summed E-state index contributed by atoms with van der Waals surface area (Å²) in [5.41, 5.74) is 5.63. The SMILES string of the molecule is COc1cc(C=NNC(=O)Cn2cnc3scc(-c4ccccc4)c3c2=O)cc(Br)c1OCc1ccccc1. The van der Waals surface area contributed by atoms with E-state index in [0.717, 1.165) is 16.7 Å². The van der Waals surface area contributed by atoms with Crippen LogP contribution in [0.4, 0.5) is 0 Å². The van der Waals surface area contributed by atoms with Gasteiger partial charge >= 0.3 is 0 Å². The molecule has 0 aliphatic rings. The second-order valence-electron chi connectivity index (χ2n) is 8.47. The second kappa shape index (κ2) is 12.1. The first-order chi connectivity index (χ1) is 19.0. The first-order valence-corrected chi connectivity index (χ1v) is 13.6. The van der Waals surface area contributed by atoms with Gasteiger partial charge in [0.15, 0.2) is 11.5 Å². The standard InChI is InChI=1S/C29H23BrN4O4S/c1-37-24-13-20(12-23(30)27(24)38-16-19-8-4-2-5-9-19)14-32-33-25(35)15-34-18-31-28-26(29(34)36)22(17-39-28)21-10-6-3-7-11-21/h2-14,17-18H,15-16H2,1H3,(H,33,35). The fourth-order valence-corrected chi connectivity index (χ4v) is 5.44. The van der Waals surface area contributed by atoms with Crippen molar-refractivity contribution in [3.05, 3.63) is 110 Å². The molecule has 2 heterocycles. The zero-order chi connectivity index (χ0) is 27.2. The molecule has 0 aliphatic heterocycles. The lowest BCUT2D eigenvalue weighted by molar-refractivity contribution is -0.121. The first kappa shape index (κ1) is 26.3. The molecular formula is C29H23BrN4O4S. The third-order valence-electron chi connectivity index (χ3n) is 5.84. The van der Waals surface area contributed by atoms with E-state index in [-0.39, 0.29) is 12.1 Å². The van der Waals surface area contributed by atoms with Gasteiger partial charge in [-0.15, -0.1) is 11.3 Å². The quantitative estimate of drug-likeness (QED) is 0.174. The van der Waals surface area contributed by atoms with E-state index in [1.807, 2.05) is 72.1 Å². The van der Waals surface area contributed by atoms with Crippen LogP contribution in [-0.2, 0) is 17.9 Å². The lowest BCUT2D eigenvalue weighted by Crippen LogP contribution is -2.30. The van der Waals surface area contributed by atoms with Crippen molar-refractivity contribution in [1.29, 1.82) is 0 Å². The maximum atomic E-state index is 13.2. The molecule has 0 radical (unpaired) electrons. The smallest absolute Gasteiger partial charge is 0.263 e. The van der Waals surface area contributed by atoms with Crippen LogP contribution in [0.3, 0.4) is 0 Å². The molecule has 1 amide bonds. The molecule has 0 unspecified atom stereocenters. The Morgan fingerprint density at radius 1 is 1.13 bits per heavy atom. The number of rotatable bonds is 9. The Labute approximate surface area is 236 Å². The number of thiophene rings is 1. The minimum absolute atomic E-state index is 0.220. The molecule has 0 aliphatic carbocycles. The summed E-state index contributed by atoms with van der Waals surface area (Å²) in [4.78, 5) is 30.8. The highest BCUT2D eigenvalue weighted by Crippen LogP contribution is 2.37. The third kappa shape index (κ3) is 6.08. The zero-order valence-corrected chi connectivity index (χ0v) is 23.2. The van der Waals surface area contributed by atoms with Crippen molar-refractivity contribution in [2.45, 2.75) is 13.2 Å². The number of carbonyl (C=O) groups excluding carboxylic acids is 1. The Morgan fingerprint density at radius 2 is 1.87 bits per heavy atom. The van der Waals surface area contributed by atoms with Gasteiger partial charge in [-0.1, -0.05) is 60.7 Å². The monoisotopic (exact) mass is 602 g/mol. The Hall–Kier alpha value is -4.28. The molecule has 0 fully saturated rings. The van der Waals surface area contributed by atoms with Crippen molar-refractivity contribution >= 4 is 49.6 Å². The lowest BCUT2D eigenvalue weighted by atomic mass is 10.1. The molecule has 2 aromatic heterocycles. The molecular weight excluding hydrogens is 580 g/mol. The fourth-order valence-electron chi connectivity index (χ4n) is 3.96. The van der Waals surface area contributed by atoms with E-state index in [0.29, 0.717) is 38.4 Å². The van der Waals surface area contributed by atoms with Gasteiger partial charge in [0.1, 0.15) is 18.0 Å². The van der Waals surface area contributed by atoms with Crippen LogP contribution in [0.1, 0.15) is 11.1 Å². The summed E-state index contributed by atoms with van der Waals surface area (Å²) < 4.78 is 13.4. The largest absolute Gasteiger partial charge is 0.493 e. The van der Waals surface area contributed by atoms with Gasteiger partial charge in [-0.25, -0.2) is 10.4 Å². The molecule has 10 heteroatoms. The van der Waals surface area contributed by atoms with Crippen molar-refractivity contribution in [3.63, 3.8) is 0 Å². The van der Waals surface area contributed by atoms with E-state index in [4.69, 9.17) is 9.47 Å². The minimum atomic E-state index is -0.458. The molecule has 0 spiro atoms. The Balaban J connectivity index is 1.27. The summed E-state index contributed by atoms with van der Waals surface area (Å²) in [6, 6.07) is 23.0. The Morgan fingerprint density at radius 3 is 2.62 bits per heavy atom. The normalized spacial score (nSPS) is 11.1. The van der Waals surface area contributed by atoms with E-state index in [1.54, 1.807) is 13.2 Å². The molecule has 0 atom stereocenters. The first-order valence-electron chi connectivity index (χ1n) is 11.9. The number of hydrogen-bond acceptors (Lipinski definition) is 7. The molecule has 5 rings (SSSR count). The van der Waals surface area contributed by atoms with Gasteiger partial charge in [-0.3, -0.25) is 14.2 Å². The van der Waals surface area contributed by atoms with Crippen LogP contribution in [0.5, 0.6) is 11.5 Å². The van der Waals surface area contributed by atoms with Crippen LogP contribution < -0.4 is 20.5 Å². The van der Waals surface area contributed by atoms with Gasteiger partial charge in [-0.05, 0) is 44.8 Å². The number of carbonyl (C=O) groups is 1. The minimum Gasteiger partial charge on any atom is -0.493 e. The average molecular weight is 603 g/mol. The predicted molar refractivity (Wildman–Crippen MR) is 157 cm³/mol. The number of hydrazone groups is 1. The van der Waals surface area contributed by atoms with Crippen LogP contribution >= 0.6 is 27.3 Å². The molecule has 196 valence electrons. The Kier molecular flexibility index (Phi) is 8.14. The molecule has 8 nitrogen and oxygen atoms in total. The highest BCUT2D eigenvalue weighted by Gasteiger charge is 2.15. The zero-order valence-electron chi connectivity index (χ0n) is 20.8. The van der Waals surface area contributed by atoms with E-state index in [1.165, 1.54) is 28.4 Å². The highest BCUT2D eigenvalue weighted by atomic mass is 79.9.